The molecule has 0 fully saturated rings. The Morgan fingerprint density at radius 1 is 0.652 bits per heavy atom. The van der Waals surface area contributed by atoms with Gasteiger partial charge in [-0.1, -0.05) is 97.3 Å². The van der Waals surface area contributed by atoms with Crippen molar-refractivity contribution in [1.82, 2.24) is 5.48 Å². The normalized spacial score (nSPS) is 10.9. The van der Waals surface area contributed by atoms with Gasteiger partial charge in [0, 0.05) is 13.0 Å². The van der Waals surface area contributed by atoms with Crippen LogP contribution in [0.1, 0.15) is 117 Å². The van der Waals surface area contributed by atoms with Crippen molar-refractivity contribution in [2.24, 2.45) is 0 Å². The molecule has 0 aliphatic carbocycles. The van der Waals surface area contributed by atoms with Crippen LogP contribution < -0.4 is 5.48 Å². The Hall–Kier alpha value is -0.570. The minimum absolute atomic E-state index is 0.103. The van der Waals surface area contributed by atoms with E-state index in [0.29, 0.717) is 6.42 Å². The lowest BCUT2D eigenvalue weighted by molar-refractivity contribution is -0.151. The number of hydrogen-bond acceptors (Lipinski definition) is 3. The van der Waals surface area contributed by atoms with Crippen LogP contribution >= 0.6 is 0 Å². The van der Waals surface area contributed by atoms with Gasteiger partial charge in [-0.15, -0.1) is 0 Å². The fourth-order valence-electron chi connectivity index (χ4n) is 2.74. The molecule has 0 heterocycles. The molecule has 0 amide bonds. The molecular weight excluding hydrogens is 286 g/mol. The quantitative estimate of drug-likeness (QED) is 0.236. The average molecular weight is 328 g/mol. The molecule has 0 aromatic carbocycles. The lowest BCUT2D eigenvalue weighted by atomic mass is 10.1. The fourth-order valence-corrected chi connectivity index (χ4v) is 2.74. The second-order valence-electron chi connectivity index (χ2n) is 6.71. The Bertz CT molecular complexity index is 244. The molecule has 1 N–H and O–H groups in total. The van der Waals surface area contributed by atoms with Crippen LogP contribution in [0.2, 0.25) is 0 Å². The predicted molar refractivity (Wildman–Crippen MR) is 99.3 cm³/mol. The number of carbonyl (C=O) groups excluding carboxylic acids is 1. The Balaban J connectivity index is 3.10. The maximum atomic E-state index is 11.5. The molecule has 0 spiro atoms. The molecule has 0 bridgehead atoms. The van der Waals surface area contributed by atoms with E-state index in [1.54, 1.807) is 0 Å². The first kappa shape index (κ1) is 22.4. The number of hydroxylamine groups is 1. The van der Waals surface area contributed by atoms with Gasteiger partial charge in [-0.2, -0.15) is 5.48 Å². The molecule has 3 nitrogen and oxygen atoms in total. The number of hydrogen-bond donors (Lipinski definition) is 1. The summed E-state index contributed by atoms with van der Waals surface area (Å²) in [5, 5.41) is 0. The van der Waals surface area contributed by atoms with Crippen molar-refractivity contribution in [1.29, 1.82) is 0 Å². The largest absolute Gasteiger partial charge is 0.371 e. The van der Waals surface area contributed by atoms with Crippen LogP contribution in [0.4, 0.5) is 0 Å². The van der Waals surface area contributed by atoms with Crippen molar-refractivity contribution in [2.75, 3.05) is 6.54 Å². The Labute approximate surface area is 144 Å². The molecule has 138 valence electrons. The van der Waals surface area contributed by atoms with Gasteiger partial charge in [-0.25, -0.2) is 0 Å². The predicted octanol–water partition coefficient (Wildman–Crippen LogP) is 6.32. The molecule has 0 atom stereocenters. The van der Waals surface area contributed by atoms with Crippen molar-refractivity contribution in [3.8, 4) is 0 Å². The van der Waals surface area contributed by atoms with Crippen LogP contribution in [-0.4, -0.2) is 12.5 Å². The molecule has 0 aliphatic rings. The van der Waals surface area contributed by atoms with Crippen LogP contribution in [0.25, 0.3) is 0 Å². The first-order chi connectivity index (χ1) is 11.3. The first-order valence-electron chi connectivity index (χ1n) is 10.2. The van der Waals surface area contributed by atoms with Crippen molar-refractivity contribution in [3.63, 3.8) is 0 Å². The van der Waals surface area contributed by atoms with Crippen molar-refractivity contribution < 1.29 is 9.63 Å². The SMILES string of the molecule is CCCCCCCCCCCCNOC(=O)CCCCCCC. The van der Waals surface area contributed by atoms with Crippen LogP contribution in [-0.2, 0) is 9.63 Å². The van der Waals surface area contributed by atoms with E-state index in [0.717, 1.165) is 25.8 Å². The van der Waals surface area contributed by atoms with E-state index in [9.17, 15) is 4.79 Å². The molecule has 0 saturated carbocycles. The zero-order valence-corrected chi connectivity index (χ0v) is 15.8. The third kappa shape index (κ3) is 19.4. The van der Waals surface area contributed by atoms with E-state index in [2.05, 4.69) is 19.3 Å². The molecule has 23 heavy (non-hydrogen) atoms. The van der Waals surface area contributed by atoms with Crippen molar-refractivity contribution >= 4 is 5.97 Å². The molecule has 3 heteroatoms. The fraction of sp³-hybridized carbons (Fsp3) is 0.950. The highest BCUT2D eigenvalue weighted by atomic mass is 16.7. The van der Waals surface area contributed by atoms with Crippen molar-refractivity contribution in [3.05, 3.63) is 0 Å². The standard InChI is InChI=1S/C20H41NO2/c1-3-5-7-9-10-11-12-13-15-17-19-21-23-20(22)18-16-14-8-6-4-2/h21H,3-19H2,1-2H3. The Kier molecular flexibility index (Phi) is 19.0. The van der Waals surface area contributed by atoms with E-state index >= 15 is 0 Å². The van der Waals surface area contributed by atoms with Crippen LogP contribution in [0.15, 0.2) is 0 Å². The lowest BCUT2D eigenvalue weighted by Gasteiger charge is -2.06. The summed E-state index contributed by atoms with van der Waals surface area (Å²) in [6.45, 7) is 5.25. The minimum atomic E-state index is -0.103. The molecule has 0 rings (SSSR count). The molecule has 0 aromatic heterocycles. The maximum absolute atomic E-state index is 11.5. The Morgan fingerprint density at radius 3 is 1.61 bits per heavy atom. The summed E-state index contributed by atoms with van der Waals surface area (Å²) in [5.41, 5.74) is 2.81. The van der Waals surface area contributed by atoms with Crippen molar-refractivity contribution in [2.45, 2.75) is 117 Å². The molecule has 0 radical (unpaired) electrons. The van der Waals surface area contributed by atoms with E-state index in [4.69, 9.17) is 4.84 Å². The average Bonchev–Trinajstić information content (AvgIpc) is 2.55. The maximum Gasteiger partial charge on any atom is 0.324 e. The van der Waals surface area contributed by atoms with Gasteiger partial charge in [-0.05, 0) is 12.8 Å². The number of unbranched alkanes of at least 4 members (excludes halogenated alkanes) is 13. The number of rotatable bonds is 18. The van der Waals surface area contributed by atoms with Gasteiger partial charge in [0.05, 0.1) is 0 Å². The second-order valence-corrected chi connectivity index (χ2v) is 6.71. The third-order valence-corrected chi connectivity index (χ3v) is 4.30. The summed E-state index contributed by atoms with van der Waals surface area (Å²) >= 11 is 0. The van der Waals surface area contributed by atoms with Gasteiger partial charge in [0.1, 0.15) is 0 Å². The summed E-state index contributed by atoms with van der Waals surface area (Å²) in [6, 6.07) is 0. The van der Waals surface area contributed by atoms with Gasteiger partial charge < -0.3 is 4.84 Å². The van der Waals surface area contributed by atoms with E-state index < -0.39 is 0 Å². The lowest BCUT2D eigenvalue weighted by Crippen LogP contribution is -2.20. The third-order valence-electron chi connectivity index (χ3n) is 4.30. The smallest absolute Gasteiger partial charge is 0.324 e. The van der Waals surface area contributed by atoms with E-state index in [-0.39, 0.29) is 5.97 Å². The van der Waals surface area contributed by atoms with Gasteiger partial charge >= 0.3 is 5.97 Å². The summed E-state index contributed by atoms with van der Waals surface area (Å²) < 4.78 is 0. The molecule has 0 saturated heterocycles. The number of nitrogens with one attached hydrogen (secondary N) is 1. The van der Waals surface area contributed by atoms with Gasteiger partial charge in [-0.3, -0.25) is 4.79 Å². The van der Waals surface area contributed by atoms with Crippen LogP contribution in [0.5, 0.6) is 0 Å². The van der Waals surface area contributed by atoms with Crippen LogP contribution in [0, 0.1) is 0 Å². The topological polar surface area (TPSA) is 38.3 Å². The molecular formula is C20H41NO2. The summed E-state index contributed by atoms with van der Waals surface area (Å²) in [7, 11) is 0. The zero-order chi connectivity index (χ0) is 17.0. The zero-order valence-electron chi connectivity index (χ0n) is 15.8. The highest BCUT2D eigenvalue weighted by Gasteiger charge is 2.02. The summed E-state index contributed by atoms with van der Waals surface area (Å²) in [4.78, 5) is 16.5. The minimum Gasteiger partial charge on any atom is -0.371 e. The first-order valence-corrected chi connectivity index (χ1v) is 10.2. The van der Waals surface area contributed by atoms with Crippen LogP contribution in [0.3, 0.4) is 0 Å². The van der Waals surface area contributed by atoms with Gasteiger partial charge in [0.25, 0.3) is 0 Å². The number of carbonyl (C=O) groups is 1. The Morgan fingerprint density at radius 2 is 1.09 bits per heavy atom. The van der Waals surface area contributed by atoms with E-state index in [1.807, 2.05) is 0 Å². The summed E-state index contributed by atoms with van der Waals surface area (Å²) in [6.07, 6.45) is 19.7. The molecule has 0 unspecified atom stereocenters. The molecule has 0 aromatic rings. The van der Waals surface area contributed by atoms with E-state index in [1.165, 1.54) is 77.0 Å². The van der Waals surface area contributed by atoms with Gasteiger partial charge in [0.15, 0.2) is 0 Å². The monoisotopic (exact) mass is 327 g/mol. The molecule has 0 aliphatic heterocycles. The summed E-state index contributed by atoms with van der Waals surface area (Å²) in [5.74, 6) is -0.103. The highest BCUT2D eigenvalue weighted by Crippen LogP contribution is 2.10. The highest BCUT2D eigenvalue weighted by molar-refractivity contribution is 5.68. The second kappa shape index (κ2) is 19.5. The van der Waals surface area contributed by atoms with Gasteiger partial charge in [0.2, 0.25) is 0 Å².